The average Bonchev–Trinajstić information content (AvgIpc) is 3.25. The fourth-order valence-electron chi connectivity index (χ4n) is 1.88. The first-order chi connectivity index (χ1) is 11.3. The van der Waals surface area contributed by atoms with Gasteiger partial charge < -0.3 is 15.2 Å². The van der Waals surface area contributed by atoms with E-state index in [4.69, 9.17) is 9.84 Å². The van der Waals surface area contributed by atoms with E-state index in [1.165, 1.54) is 11.3 Å². The molecule has 0 bridgehead atoms. The molecule has 0 saturated heterocycles. The molecule has 0 unspecified atom stereocenters. The Hall–Kier alpha value is -2.22. The molecule has 0 saturated carbocycles. The number of thiazole rings is 1. The van der Waals surface area contributed by atoms with Crippen LogP contribution in [-0.4, -0.2) is 29.2 Å². The predicted molar refractivity (Wildman–Crippen MR) is 92.4 cm³/mol. The number of amides is 1. The first kappa shape index (κ1) is 15.7. The maximum absolute atomic E-state index is 12.3. The Bertz CT molecular complexity index is 767. The van der Waals surface area contributed by atoms with Crippen molar-refractivity contribution in [1.29, 1.82) is 0 Å². The fourth-order valence-corrected chi connectivity index (χ4v) is 3.50. The van der Waals surface area contributed by atoms with Crippen molar-refractivity contribution in [2.75, 3.05) is 18.5 Å². The normalized spacial score (nSPS) is 10.5. The maximum atomic E-state index is 12.3. The smallest absolute Gasteiger partial charge is 0.267 e. The highest BCUT2D eigenvalue weighted by Crippen LogP contribution is 2.29. The zero-order valence-electron chi connectivity index (χ0n) is 12.1. The van der Waals surface area contributed by atoms with E-state index in [1.807, 2.05) is 17.5 Å². The molecule has 0 atom stereocenters. The van der Waals surface area contributed by atoms with Crippen molar-refractivity contribution in [2.45, 2.75) is 0 Å². The number of aliphatic hydroxyl groups is 1. The van der Waals surface area contributed by atoms with Crippen molar-refractivity contribution in [1.82, 2.24) is 4.98 Å². The van der Waals surface area contributed by atoms with Crippen LogP contribution >= 0.6 is 22.7 Å². The molecule has 3 rings (SSSR count). The summed E-state index contributed by atoms with van der Waals surface area (Å²) in [7, 11) is 0. The number of aromatic nitrogens is 1. The number of rotatable bonds is 6. The van der Waals surface area contributed by atoms with Crippen LogP contribution in [0.1, 0.15) is 9.67 Å². The van der Waals surface area contributed by atoms with Crippen molar-refractivity contribution >= 4 is 34.3 Å². The summed E-state index contributed by atoms with van der Waals surface area (Å²) in [4.78, 5) is 18.2. The molecule has 5 nitrogen and oxygen atoms in total. The van der Waals surface area contributed by atoms with Crippen LogP contribution in [0, 0.1) is 0 Å². The number of hydrogen-bond donors (Lipinski definition) is 2. The van der Waals surface area contributed by atoms with Gasteiger partial charge in [0, 0.05) is 5.69 Å². The highest BCUT2D eigenvalue weighted by Gasteiger charge is 2.12. The third-order valence-electron chi connectivity index (χ3n) is 2.93. The van der Waals surface area contributed by atoms with E-state index >= 15 is 0 Å². The number of nitrogens with zero attached hydrogens (tertiary/aromatic N) is 1. The molecule has 0 spiro atoms. The Labute approximate surface area is 141 Å². The number of ether oxygens (including phenoxy) is 1. The summed E-state index contributed by atoms with van der Waals surface area (Å²) in [5.41, 5.74) is 0.678. The lowest BCUT2D eigenvalue weighted by atomic mass is 10.3. The van der Waals surface area contributed by atoms with E-state index in [9.17, 15) is 4.79 Å². The Kier molecular flexibility index (Phi) is 5.02. The largest absolute Gasteiger partial charge is 0.491 e. The number of thiophene rings is 1. The average molecular weight is 346 g/mol. The van der Waals surface area contributed by atoms with E-state index in [0.29, 0.717) is 16.3 Å². The second kappa shape index (κ2) is 7.36. The molecule has 7 heteroatoms. The molecule has 118 valence electrons. The third-order valence-corrected chi connectivity index (χ3v) is 4.97. The molecule has 2 aromatic heterocycles. The summed E-state index contributed by atoms with van der Waals surface area (Å²) in [5.74, 6) is 0.462. The van der Waals surface area contributed by atoms with Crippen molar-refractivity contribution in [3.63, 3.8) is 0 Å². The SMILES string of the molecule is O=C(Nc1ccc(OCCO)cc1)c1cnc(-c2cccs2)s1. The molecule has 1 amide bonds. The number of nitrogens with one attached hydrogen (secondary N) is 1. The molecular weight excluding hydrogens is 332 g/mol. The van der Waals surface area contributed by atoms with Crippen molar-refractivity contribution in [3.05, 3.63) is 52.9 Å². The van der Waals surface area contributed by atoms with Gasteiger partial charge in [0.2, 0.25) is 0 Å². The van der Waals surface area contributed by atoms with Crippen LogP contribution in [0.2, 0.25) is 0 Å². The van der Waals surface area contributed by atoms with Crippen LogP contribution in [0.25, 0.3) is 9.88 Å². The van der Waals surface area contributed by atoms with Crippen molar-refractivity contribution in [2.24, 2.45) is 0 Å². The van der Waals surface area contributed by atoms with Crippen LogP contribution in [0.5, 0.6) is 5.75 Å². The van der Waals surface area contributed by atoms with E-state index < -0.39 is 0 Å². The number of hydrogen-bond acceptors (Lipinski definition) is 6. The van der Waals surface area contributed by atoms with Crippen LogP contribution in [0.4, 0.5) is 5.69 Å². The minimum Gasteiger partial charge on any atom is -0.491 e. The molecule has 23 heavy (non-hydrogen) atoms. The highest BCUT2D eigenvalue weighted by atomic mass is 32.1. The lowest BCUT2D eigenvalue weighted by Gasteiger charge is -2.06. The summed E-state index contributed by atoms with van der Waals surface area (Å²) in [6, 6.07) is 10.9. The quantitative estimate of drug-likeness (QED) is 0.717. The van der Waals surface area contributed by atoms with E-state index in [2.05, 4.69) is 10.3 Å². The first-order valence-corrected chi connectivity index (χ1v) is 8.60. The lowest BCUT2D eigenvalue weighted by Crippen LogP contribution is -2.10. The summed E-state index contributed by atoms with van der Waals surface area (Å²) < 4.78 is 5.27. The van der Waals surface area contributed by atoms with Gasteiger partial charge in [-0.15, -0.1) is 22.7 Å². The molecule has 0 aliphatic rings. The molecule has 0 aliphatic carbocycles. The van der Waals surface area contributed by atoms with Gasteiger partial charge in [0.15, 0.2) is 0 Å². The van der Waals surface area contributed by atoms with Crippen LogP contribution < -0.4 is 10.1 Å². The van der Waals surface area contributed by atoms with Crippen LogP contribution in [0.3, 0.4) is 0 Å². The van der Waals surface area contributed by atoms with E-state index in [-0.39, 0.29) is 19.1 Å². The van der Waals surface area contributed by atoms with Crippen molar-refractivity contribution in [3.8, 4) is 15.6 Å². The Morgan fingerprint density at radius 2 is 2.09 bits per heavy atom. The molecule has 2 N–H and O–H groups in total. The minimum absolute atomic E-state index is 0.0313. The monoisotopic (exact) mass is 346 g/mol. The molecule has 2 heterocycles. The number of carbonyl (C=O) groups is 1. The number of anilines is 1. The van der Waals surface area contributed by atoms with Gasteiger partial charge in [-0.05, 0) is 35.7 Å². The Morgan fingerprint density at radius 3 is 2.78 bits per heavy atom. The summed E-state index contributed by atoms with van der Waals surface area (Å²) in [5, 5.41) is 14.4. The van der Waals surface area contributed by atoms with Gasteiger partial charge in [-0.2, -0.15) is 0 Å². The first-order valence-electron chi connectivity index (χ1n) is 6.91. The second-order valence-electron chi connectivity index (χ2n) is 4.56. The maximum Gasteiger partial charge on any atom is 0.267 e. The summed E-state index contributed by atoms with van der Waals surface area (Å²) >= 11 is 2.96. The number of benzene rings is 1. The van der Waals surface area contributed by atoms with Gasteiger partial charge in [0.1, 0.15) is 22.2 Å². The summed E-state index contributed by atoms with van der Waals surface area (Å²) in [6.07, 6.45) is 1.59. The topological polar surface area (TPSA) is 71.5 Å². The number of aliphatic hydroxyl groups excluding tert-OH is 1. The molecule has 0 radical (unpaired) electrons. The summed E-state index contributed by atoms with van der Waals surface area (Å²) in [6.45, 7) is 0.217. The lowest BCUT2D eigenvalue weighted by molar-refractivity contribution is 0.103. The molecule has 0 fully saturated rings. The molecule has 3 aromatic rings. The fraction of sp³-hybridized carbons (Fsp3) is 0.125. The van der Waals surface area contributed by atoms with E-state index in [0.717, 1.165) is 9.88 Å². The van der Waals surface area contributed by atoms with Gasteiger partial charge in [-0.25, -0.2) is 4.98 Å². The third kappa shape index (κ3) is 3.95. The Balaban J connectivity index is 1.65. The van der Waals surface area contributed by atoms with E-state index in [1.54, 1.807) is 41.8 Å². The van der Waals surface area contributed by atoms with Gasteiger partial charge in [-0.1, -0.05) is 6.07 Å². The zero-order valence-corrected chi connectivity index (χ0v) is 13.7. The predicted octanol–water partition coefficient (Wildman–Crippen LogP) is 3.50. The molecule has 0 aliphatic heterocycles. The second-order valence-corrected chi connectivity index (χ2v) is 6.54. The van der Waals surface area contributed by atoms with Gasteiger partial charge >= 0.3 is 0 Å². The van der Waals surface area contributed by atoms with Gasteiger partial charge in [0.25, 0.3) is 5.91 Å². The number of carbonyl (C=O) groups excluding carboxylic acids is 1. The van der Waals surface area contributed by atoms with Gasteiger partial charge in [0.05, 0.1) is 17.7 Å². The zero-order chi connectivity index (χ0) is 16.1. The molecule has 1 aromatic carbocycles. The van der Waals surface area contributed by atoms with Crippen LogP contribution in [-0.2, 0) is 0 Å². The Morgan fingerprint density at radius 1 is 1.26 bits per heavy atom. The van der Waals surface area contributed by atoms with Gasteiger partial charge in [-0.3, -0.25) is 4.79 Å². The highest BCUT2D eigenvalue weighted by molar-refractivity contribution is 7.22. The van der Waals surface area contributed by atoms with Crippen LogP contribution in [0.15, 0.2) is 48.0 Å². The van der Waals surface area contributed by atoms with Crippen molar-refractivity contribution < 1.29 is 14.6 Å². The molecular formula is C16H14N2O3S2. The minimum atomic E-state index is -0.186. The standard InChI is InChI=1S/C16H14N2O3S2/c19-7-8-21-12-5-3-11(4-6-12)18-15(20)14-10-17-16(23-14)13-2-1-9-22-13/h1-6,9-10,19H,7-8H2,(H,18,20).